The van der Waals surface area contributed by atoms with E-state index in [0.29, 0.717) is 6.04 Å². The van der Waals surface area contributed by atoms with Gasteiger partial charge in [-0.1, -0.05) is 12.1 Å². The van der Waals surface area contributed by atoms with Crippen molar-refractivity contribution < 1.29 is 4.42 Å². The van der Waals surface area contributed by atoms with Gasteiger partial charge in [-0.25, -0.2) is 0 Å². The van der Waals surface area contributed by atoms with Crippen LogP contribution in [0.15, 0.2) is 47.3 Å². The van der Waals surface area contributed by atoms with Crippen molar-refractivity contribution in [1.29, 1.82) is 0 Å². The number of furan rings is 1. The number of hydrogen-bond acceptors (Lipinski definition) is 3. The lowest BCUT2D eigenvalue weighted by Crippen LogP contribution is -2.21. The molecule has 90 valence electrons. The van der Waals surface area contributed by atoms with Crippen LogP contribution in [-0.2, 0) is 6.54 Å². The third-order valence-corrected chi connectivity index (χ3v) is 3.07. The van der Waals surface area contributed by atoms with Crippen LogP contribution in [0, 0.1) is 0 Å². The predicted molar refractivity (Wildman–Crippen MR) is 69.4 cm³/mol. The maximum atomic E-state index is 5.80. The monoisotopic (exact) mass is 230 g/mol. The Morgan fingerprint density at radius 1 is 1.35 bits per heavy atom. The van der Waals surface area contributed by atoms with Gasteiger partial charge in [0.15, 0.2) is 0 Å². The smallest absolute Gasteiger partial charge is 0.0947 e. The van der Waals surface area contributed by atoms with Crippen LogP contribution in [-0.4, -0.2) is 11.9 Å². The van der Waals surface area contributed by atoms with Gasteiger partial charge in [-0.05, 0) is 37.7 Å². The van der Waals surface area contributed by atoms with Gasteiger partial charge in [0.25, 0.3) is 0 Å². The molecule has 0 amide bonds. The van der Waals surface area contributed by atoms with Crippen LogP contribution >= 0.6 is 0 Å². The molecule has 0 aliphatic heterocycles. The SMILES string of the molecule is CC(c1cccc(N)c1)N(C)Cc1ccoc1. The normalized spacial score (nSPS) is 12.9. The first-order chi connectivity index (χ1) is 8.16. The standard InChI is InChI=1S/C14H18N2O/c1-11(13-4-3-5-14(15)8-13)16(2)9-12-6-7-17-10-12/h3-8,10-11H,9,15H2,1-2H3. The van der Waals surface area contributed by atoms with Crippen molar-refractivity contribution in [2.45, 2.75) is 19.5 Å². The largest absolute Gasteiger partial charge is 0.472 e. The molecule has 3 nitrogen and oxygen atoms in total. The summed E-state index contributed by atoms with van der Waals surface area (Å²) in [7, 11) is 2.10. The molecule has 0 aliphatic carbocycles. The van der Waals surface area contributed by atoms with E-state index in [0.717, 1.165) is 12.2 Å². The van der Waals surface area contributed by atoms with Gasteiger partial charge in [0.1, 0.15) is 0 Å². The minimum atomic E-state index is 0.327. The number of hydrogen-bond donors (Lipinski definition) is 1. The van der Waals surface area contributed by atoms with Crippen molar-refractivity contribution in [1.82, 2.24) is 4.90 Å². The van der Waals surface area contributed by atoms with E-state index in [9.17, 15) is 0 Å². The first-order valence-corrected chi connectivity index (χ1v) is 5.73. The molecule has 17 heavy (non-hydrogen) atoms. The van der Waals surface area contributed by atoms with Gasteiger partial charge in [0.2, 0.25) is 0 Å². The Kier molecular flexibility index (Phi) is 3.49. The molecule has 0 aliphatic rings. The average molecular weight is 230 g/mol. The van der Waals surface area contributed by atoms with Gasteiger partial charge in [-0.2, -0.15) is 0 Å². The van der Waals surface area contributed by atoms with Crippen molar-refractivity contribution in [3.05, 3.63) is 54.0 Å². The molecule has 2 N–H and O–H groups in total. The Bertz CT molecular complexity index is 465. The summed E-state index contributed by atoms with van der Waals surface area (Å²) in [6.45, 7) is 3.04. The molecule has 3 heteroatoms. The van der Waals surface area contributed by atoms with Crippen LogP contribution in [0.2, 0.25) is 0 Å². The summed E-state index contributed by atoms with van der Waals surface area (Å²) in [6, 6.07) is 10.3. The Labute approximate surface area is 102 Å². The van der Waals surface area contributed by atoms with Crippen LogP contribution in [0.1, 0.15) is 24.1 Å². The molecule has 0 fully saturated rings. The molecule has 2 aromatic rings. The predicted octanol–water partition coefficient (Wildman–Crippen LogP) is 3.05. The van der Waals surface area contributed by atoms with E-state index in [1.165, 1.54) is 11.1 Å². The van der Waals surface area contributed by atoms with Gasteiger partial charge in [-0.15, -0.1) is 0 Å². The van der Waals surface area contributed by atoms with Crippen molar-refractivity contribution in [2.24, 2.45) is 0 Å². The minimum absolute atomic E-state index is 0.327. The highest BCUT2D eigenvalue weighted by atomic mass is 16.3. The molecule has 1 aromatic carbocycles. The second-order valence-electron chi connectivity index (χ2n) is 4.39. The van der Waals surface area contributed by atoms with Gasteiger partial charge in [0.05, 0.1) is 12.5 Å². The number of nitrogens with zero attached hydrogens (tertiary/aromatic N) is 1. The summed E-state index contributed by atoms with van der Waals surface area (Å²) in [5, 5.41) is 0. The van der Waals surface area contributed by atoms with Crippen molar-refractivity contribution in [3.8, 4) is 0 Å². The van der Waals surface area contributed by atoms with E-state index in [-0.39, 0.29) is 0 Å². The van der Waals surface area contributed by atoms with Crippen LogP contribution in [0.25, 0.3) is 0 Å². The summed E-state index contributed by atoms with van der Waals surface area (Å²) < 4.78 is 5.07. The maximum absolute atomic E-state index is 5.80. The zero-order chi connectivity index (χ0) is 12.3. The first-order valence-electron chi connectivity index (χ1n) is 5.73. The molecular weight excluding hydrogens is 212 g/mol. The molecule has 0 saturated heterocycles. The lowest BCUT2D eigenvalue weighted by molar-refractivity contribution is 0.252. The van der Waals surface area contributed by atoms with Crippen LogP contribution < -0.4 is 5.73 Å². The third kappa shape index (κ3) is 2.88. The van der Waals surface area contributed by atoms with Crippen molar-refractivity contribution >= 4 is 5.69 Å². The van der Waals surface area contributed by atoms with E-state index in [4.69, 9.17) is 10.2 Å². The van der Waals surface area contributed by atoms with E-state index in [2.05, 4.69) is 24.9 Å². The van der Waals surface area contributed by atoms with Crippen LogP contribution in [0.5, 0.6) is 0 Å². The van der Waals surface area contributed by atoms with E-state index >= 15 is 0 Å². The Balaban J connectivity index is 2.06. The molecular formula is C14H18N2O. The Morgan fingerprint density at radius 3 is 2.82 bits per heavy atom. The summed E-state index contributed by atoms with van der Waals surface area (Å²) in [5.74, 6) is 0. The molecule has 0 radical (unpaired) electrons. The fourth-order valence-electron chi connectivity index (χ4n) is 1.88. The molecule has 1 heterocycles. The van der Waals surface area contributed by atoms with Gasteiger partial charge in [0, 0.05) is 23.8 Å². The molecule has 1 unspecified atom stereocenters. The van der Waals surface area contributed by atoms with E-state index < -0.39 is 0 Å². The fourth-order valence-corrected chi connectivity index (χ4v) is 1.88. The number of rotatable bonds is 4. The zero-order valence-electron chi connectivity index (χ0n) is 10.3. The molecule has 0 bridgehead atoms. The van der Waals surface area contributed by atoms with Gasteiger partial charge < -0.3 is 10.2 Å². The van der Waals surface area contributed by atoms with Crippen molar-refractivity contribution in [3.63, 3.8) is 0 Å². The highest BCUT2D eigenvalue weighted by Gasteiger charge is 2.12. The summed E-state index contributed by atoms with van der Waals surface area (Å²) in [5.41, 5.74) is 9.03. The molecule has 0 saturated carbocycles. The molecule has 1 atom stereocenters. The topological polar surface area (TPSA) is 42.4 Å². The highest BCUT2D eigenvalue weighted by Crippen LogP contribution is 2.22. The summed E-state index contributed by atoms with van der Waals surface area (Å²) in [4.78, 5) is 2.26. The second kappa shape index (κ2) is 5.06. The number of nitrogen functional groups attached to an aromatic ring is 1. The minimum Gasteiger partial charge on any atom is -0.472 e. The zero-order valence-corrected chi connectivity index (χ0v) is 10.3. The fraction of sp³-hybridized carbons (Fsp3) is 0.286. The highest BCUT2D eigenvalue weighted by molar-refractivity contribution is 5.41. The molecule has 2 rings (SSSR count). The second-order valence-corrected chi connectivity index (χ2v) is 4.39. The van der Waals surface area contributed by atoms with Gasteiger partial charge >= 0.3 is 0 Å². The van der Waals surface area contributed by atoms with Gasteiger partial charge in [-0.3, -0.25) is 4.90 Å². The average Bonchev–Trinajstić information content (AvgIpc) is 2.80. The van der Waals surface area contributed by atoms with Crippen LogP contribution in [0.4, 0.5) is 5.69 Å². The lowest BCUT2D eigenvalue weighted by atomic mass is 10.1. The Morgan fingerprint density at radius 2 is 2.18 bits per heavy atom. The van der Waals surface area contributed by atoms with Crippen molar-refractivity contribution in [2.75, 3.05) is 12.8 Å². The van der Waals surface area contributed by atoms with Crippen LogP contribution in [0.3, 0.4) is 0 Å². The molecule has 1 aromatic heterocycles. The first kappa shape index (κ1) is 11.7. The number of benzene rings is 1. The Hall–Kier alpha value is -1.74. The summed E-state index contributed by atoms with van der Waals surface area (Å²) >= 11 is 0. The van der Waals surface area contributed by atoms with E-state index in [1.54, 1.807) is 12.5 Å². The third-order valence-electron chi connectivity index (χ3n) is 3.07. The maximum Gasteiger partial charge on any atom is 0.0947 e. The lowest BCUT2D eigenvalue weighted by Gasteiger charge is -2.24. The number of anilines is 1. The van der Waals surface area contributed by atoms with E-state index in [1.807, 2.05) is 24.3 Å². The quantitative estimate of drug-likeness (QED) is 0.821. The molecule has 0 spiro atoms. The summed E-state index contributed by atoms with van der Waals surface area (Å²) in [6.07, 6.45) is 3.48. The number of nitrogens with two attached hydrogens (primary N) is 1.